The number of aliphatic hydroxyl groups is 1. The number of carbonyl (C=O) groups excluding carboxylic acids is 1. The molecule has 1 atom stereocenters. The summed E-state index contributed by atoms with van der Waals surface area (Å²) >= 11 is 3.30. The number of amides is 1. The first-order valence-corrected chi connectivity index (χ1v) is 6.40. The van der Waals surface area contributed by atoms with Crippen LogP contribution in [0.1, 0.15) is 12.0 Å². The average Bonchev–Trinajstić information content (AvgIpc) is 2.37. The number of halogens is 1. The van der Waals surface area contributed by atoms with Crippen molar-refractivity contribution < 1.29 is 19.8 Å². The lowest BCUT2D eigenvalue weighted by molar-refractivity contribution is -0.141. The Bertz CT molecular complexity index is 470. The number of aliphatic carboxylic acids is 1. The molecule has 0 fully saturated rings. The predicted octanol–water partition coefficient (Wildman–Crippen LogP) is 1.41. The van der Waals surface area contributed by atoms with Gasteiger partial charge in [-0.2, -0.15) is 0 Å². The molecule has 19 heavy (non-hydrogen) atoms. The predicted molar refractivity (Wildman–Crippen MR) is 74.4 cm³/mol. The van der Waals surface area contributed by atoms with Gasteiger partial charge in [-0.15, -0.1) is 0 Å². The van der Waals surface area contributed by atoms with E-state index < -0.39 is 17.9 Å². The Morgan fingerprint density at radius 1 is 1.32 bits per heavy atom. The molecule has 1 rings (SSSR count). The number of rotatable bonds is 6. The minimum absolute atomic E-state index is 0.0206. The lowest BCUT2D eigenvalue weighted by atomic mass is 10.2. The normalized spacial score (nSPS) is 12.3. The summed E-state index contributed by atoms with van der Waals surface area (Å²) in [4.78, 5) is 22.3. The molecule has 0 spiro atoms. The first-order valence-electron chi connectivity index (χ1n) is 5.60. The maximum atomic E-state index is 11.5. The van der Waals surface area contributed by atoms with Gasteiger partial charge in [-0.1, -0.05) is 28.1 Å². The van der Waals surface area contributed by atoms with Crippen LogP contribution in [0.5, 0.6) is 0 Å². The van der Waals surface area contributed by atoms with E-state index in [0.717, 1.165) is 10.0 Å². The van der Waals surface area contributed by atoms with Gasteiger partial charge in [0.1, 0.15) is 6.04 Å². The standard InChI is InChI=1S/C13H14BrNO4/c14-10-4-1-9(2-5-10)3-6-12(17)15-11(7-8-16)13(18)19/h1-6,11,16H,7-8H2,(H,15,17)(H,18,19). The van der Waals surface area contributed by atoms with Crippen molar-refractivity contribution in [3.05, 3.63) is 40.4 Å². The van der Waals surface area contributed by atoms with Crippen LogP contribution in [0.4, 0.5) is 0 Å². The van der Waals surface area contributed by atoms with E-state index in [1.807, 2.05) is 24.3 Å². The fourth-order valence-corrected chi connectivity index (χ4v) is 1.62. The number of carboxylic acid groups (broad SMARTS) is 1. The number of aliphatic hydroxyl groups excluding tert-OH is 1. The molecule has 1 aromatic rings. The highest BCUT2D eigenvalue weighted by Crippen LogP contribution is 2.11. The molecule has 1 unspecified atom stereocenters. The number of benzene rings is 1. The third kappa shape index (κ3) is 5.67. The second-order valence-corrected chi connectivity index (χ2v) is 4.71. The van der Waals surface area contributed by atoms with Crippen molar-refractivity contribution in [1.82, 2.24) is 5.32 Å². The molecule has 0 aliphatic rings. The number of hydrogen-bond acceptors (Lipinski definition) is 3. The van der Waals surface area contributed by atoms with Crippen LogP contribution in [0.2, 0.25) is 0 Å². The molecule has 0 aliphatic carbocycles. The highest BCUT2D eigenvalue weighted by Gasteiger charge is 2.17. The SMILES string of the molecule is O=C(C=Cc1ccc(Br)cc1)NC(CCO)C(=O)O. The molecule has 1 amide bonds. The first kappa shape index (κ1) is 15.4. The maximum Gasteiger partial charge on any atom is 0.326 e. The molecule has 0 saturated heterocycles. The highest BCUT2D eigenvalue weighted by molar-refractivity contribution is 9.10. The summed E-state index contributed by atoms with van der Waals surface area (Å²) in [7, 11) is 0. The molecule has 0 aromatic heterocycles. The van der Waals surface area contributed by atoms with Gasteiger partial charge in [0, 0.05) is 23.6 Å². The van der Waals surface area contributed by atoms with Crippen LogP contribution in [0, 0.1) is 0 Å². The van der Waals surface area contributed by atoms with E-state index in [1.165, 1.54) is 6.08 Å². The fraction of sp³-hybridized carbons (Fsp3) is 0.231. The van der Waals surface area contributed by atoms with Crippen LogP contribution < -0.4 is 5.32 Å². The summed E-state index contributed by atoms with van der Waals surface area (Å²) in [6.45, 7) is -0.298. The van der Waals surface area contributed by atoms with Gasteiger partial charge >= 0.3 is 5.97 Å². The Morgan fingerprint density at radius 2 is 1.95 bits per heavy atom. The van der Waals surface area contributed by atoms with Crippen molar-refractivity contribution in [3.63, 3.8) is 0 Å². The van der Waals surface area contributed by atoms with E-state index in [0.29, 0.717) is 0 Å². The lowest BCUT2D eigenvalue weighted by Crippen LogP contribution is -2.40. The summed E-state index contributed by atoms with van der Waals surface area (Å²) in [6, 6.07) is 6.23. The zero-order chi connectivity index (χ0) is 14.3. The zero-order valence-corrected chi connectivity index (χ0v) is 11.6. The Morgan fingerprint density at radius 3 is 2.47 bits per heavy atom. The fourth-order valence-electron chi connectivity index (χ4n) is 1.35. The molecule has 0 heterocycles. The third-order valence-corrected chi connectivity index (χ3v) is 2.86. The molecular formula is C13H14BrNO4. The van der Waals surface area contributed by atoms with Gasteiger partial charge in [0.25, 0.3) is 0 Å². The van der Waals surface area contributed by atoms with Gasteiger partial charge in [-0.3, -0.25) is 4.79 Å². The van der Waals surface area contributed by atoms with Gasteiger partial charge in [-0.05, 0) is 23.8 Å². The minimum atomic E-state index is -1.17. The van der Waals surface area contributed by atoms with Gasteiger partial charge in [0.15, 0.2) is 0 Å². The molecule has 0 saturated carbocycles. The summed E-state index contributed by atoms with van der Waals surface area (Å²) in [5, 5.41) is 19.8. The van der Waals surface area contributed by atoms with Crippen molar-refractivity contribution >= 4 is 33.9 Å². The Labute approximate surface area is 119 Å². The molecular weight excluding hydrogens is 314 g/mol. The molecule has 1 aromatic carbocycles. The minimum Gasteiger partial charge on any atom is -0.480 e. The summed E-state index contributed by atoms with van der Waals surface area (Å²) in [6.07, 6.45) is 2.82. The van der Waals surface area contributed by atoms with E-state index in [9.17, 15) is 9.59 Å². The largest absolute Gasteiger partial charge is 0.480 e. The smallest absolute Gasteiger partial charge is 0.326 e. The highest BCUT2D eigenvalue weighted by atomic mass is 79.9. The number of carboxylic acids is 1. The maximum absolute atomic E-state index is 11.5. The third-order valence-electron chi connectivity index (χ3n) is 2.33. The van der Waals surface area contributed by atoms with E-state index >= 15 is 0 Å². The monoisotopic (exact) mass is 327 g/mol. The molecule has 3 N–H and O–H groups in total. The number of nitrogens with one attached hydrogen (secondary N) is 1. The second kappa shape index (κ2) is 7.70. The molecule has 0 aliphatic heterocycles. The van der Waals surface area contributed by atoms with Crippen LogP contribution >= 0.6 is 15.9 Å². The molecule has 0 bridgehead atoms. The van der Waals surface area contributed by atoms with E-state index in [1.54, 1.807) is 6.08 Å². The summed E-state index contributed by atoms with van der Waals surface area (Å²) < 4.78 is 0.933. The van der Waals surface area contributed by atoms with Crippen LogP contribution in [0.15, 0.2) is 34.8 Å². The van der Waals surface area contributed by atoms with Crippen molar-refractivity contribution in [1.29, 1.82) is 0 Å². The van der Waals surface area contributed by atoms with Gasteiger partial charge < -0.3 is 15.5 Å². The van der Waals surface area contributed by atoms with Crippen LogP contribution in [-0.4, -0.2) is 34.7 Å². The molecule has 102 valence electrons. The van der Waals surface area contributed by atoms with E-state index in [-0.39, 0.29) is 13.0 Å². The van der Waals surface area contributed by atoms with Gasteiger partial charge in [-0.25, -0.2) is 4.79 Å². The Kier molecular flexibility index (Phi) is 6.24. The lowest BCUT2D eigenvalue weighted by Gasteiger charge is -2.11. The topological polar surface area (TPSA) is 86.6 Å². The van der Waals surface area contributed by atoms with E-state index in [4.69, 9.17) is 10.2 Å². The van der Waals surface area contributed by atoms with Crippen LogP contribution in [-0.2, 0) is 9.59 Å². The number of carbonyl (C=O) groups is 2. The average molecular weight is 328 g/mol. The molecule has 6 heteroatoms. The summed E-state index contributed by atoms with van der Waals surface area (Å²) in [5.74, 6) is -1.68. The number of hydrogen-bond donors (Lipinski definition) is 3. The van der Waals surface area contributed by atoms with Crippen LogP contribution in [0.25, 0.3) is 6.08 Å². The van der Waals surface area contributed by atoms with Gasteiger partial charge in [0.05, 0.1) is 0 Å². The molecule has 5 nitrogen and oxygen atoms in total. The van der Waals surface area contributed by atoms with Crippen molar-refractivity contribution in [2.45, 2.75) is 12.5 Å². The van der Waals surface area contributed by atoms with Crippen molar-refractivity contribution in [3.8, 4) is 0 Å². The first-order chi connectivity index (χ1) is 9.02. The van der Waals surface area contributed by atoms with Crippen LogP contribution in [0.3, 0.4) is 0 Å². The van der Waals surface area contributed by atoms with E-state index in [2.05, 4.69) is 21.2 Å². The van der Waals surface area contributed by atoms with Crippen molar-refractivity contribution in [2.75, 3.05) is 6.61 Å². The Hall–Kier alpha value is -1.66. The molecule has 0 radical (unpaired) electrons. The summed E-state index contributed by atoms with van der Waals surface area (Å²) in [5.41, 5.74) is 0.826. The zero-order valence-electron chi connectivity index (χ0n) is 10.0. The van der Waals surface area contributed by atoms with Gasteiger partial charge in [0.2, 0.25) is 5.91 Å². The van der Waals surface area contributed by atoms with Crippen molar-refractivity contribution in [2.24, 2.45) is 0 Å². The quantitative estimate of drug-likeness (QED) is 0.689. The Balaban J connectivity index is 2.58. The second-order valence-electron chi connectivity index (χ2n) is 3.80.